The van der Waals surface area contributed by atoms with Crippen LogP contribution in [0.2, 0.25) is 0 Å². The van der Waals surface area contributed by atoms with Crippen LogP contribution in [-0.4, -0.2) is 31.4 Å². The van der Waals surface area contributed by atoms with Crippen molar-refractivity contribution in [2.24, 2.45) is 0 Å². The lowest BCUT2D eigenvalue weighted by Gasteiger charge is -2.10. The number of esters is 1. The summed E-state index contributed by atoms with van der Waals surface area (Å²) in [4.78, 5) is 35.4. The molecule has 0 saturated heterocycles. The Morgan fingerprint density at radius 3 is 2.28 bits per heavy atom. The number of carbonyl (C=O) groups excluding carboxylic acids is 3. The van der Waals surface area contributed by atoms with Crippen molar-refractivity contribution in [1.82, 2.24) is 5.32 Å². The molecule has 130 valence electrons. The number of amides is 2. The molecular formula is C18H17BrN2O4. The van der Waals surface area contributed by atoms with Gasteiger partial charge in [0.2, 0.25) is 5.91 Å². The summed E-state index contributed by atoms with van der Waals surface area (Å²) in [6.07, 6.45) is 0. The van der Waals surface area contributed by atoms with E-state index >= 15 is 0 Å². The van der Waals surface area contributed by atoms with Crippen molar-refractivity contribution < 1.29 is 19.1 Å². The van der Waals surface area contributed by atoms with Gasteiger partial charge >= 0.3 is 5.97 Å². The van der Waals surface area contributed by atoms with Gasteiger partial charge in [-0.1, -0.05) is 15.9 Å². The lowest BCUT2D eigenvalue weighted by molar-refractivity contribution is -0.115. The minimum absolute atomic E-state index is 0.160. The second-order valence-electron chi connectivity index (χ2n) is 5.26. The number of methoxy groups -OCH3 is 1. The van der Waals surface area contributed by atoms with E-state index in [4.69, 9.17) is 0 Å². The Kier molecular flexibility index (Phi) is 6.30. The van der Waals surface area contributed by atoms with Crippen LogP contribution in [-0.2, 0) is 9.53 Å². The topological polar surface area (TPSA) is 84.5 Å². The van der Waals surface area contributed by atoms with Crippen molar-refractivity contribution in [3.8, 4) is 0 Å². The SMILES string of the molecule is COC(=O)c1ccc(C(=O)NCC(=O)Nc2ccc(Br)cc2C)cc1. The van der Waals surface area contributed by atoms with E-state index in [0.717, 1.165) is 10.0 Å². The van der Waals surface area contributed by atoms with E-state index in [-0.39, 0.29) is 12.5 Å². The van der Waals surface area contributed by atoms with Crippen molar-refractivity contribution in [1.29, 1.82) is 0 Å². The molecule has 2 aromatic carbocycles. The molecule has 7 heteroatoms. The number of anilines is 1. The van der Waals surface area contributed by atoms with E-state index in [1.54, 1.807) is 6.07 Å². The molecule has 0 unspecified atom stereocenters. The molecular weight excluding hydrogens is 388 g/mol. The van der Waals surface area contributed by atoms with Crippen molar-refractivity contribution in [3.63, 3.8) is 0 Å². The van der Waals surface area contributed by atoms with Gasteiger partial charge in [0.05, 0.1) is 19.2 Å². The third-order valence-corrected chi connectivity index (χ3v) is 3.93. The van der Waals surface area contributed by atoms with Crippen LogP contribution in [0.15, 0.2) is 46.9 Å². The van der Waals surface area contributed by atoms with Crippen molar-refractivity contribution in [2.75, 3.05) is 19.0 Å². The number of benzene rings is 2. The predicted molar refractivity (Wildman–Crippen MR) is 97.6 cm³/mol. The fourth-order valence-corrected chi connectivity index (χ4v) is 2.58. The third-order valence-electron chi connectivity index (χ3n) is 3.44. The summed E-state index contributed by atoms with van der Waals surface area (Å²) < 4.78 is 5.52. The quantitative estimate of drug-likeness (QED) is 0.750. The Balaban J connectivity index is 1.90. The van der Waals surface area contributed by atoms with Crippen molar-refractivity contribution in [3.05, 3.63) is 63.6 Å². The standard InChI is InChI=1S/C18H17BrN2O4/c1-11-9-14(19)7-8-15(11)21-16(22)10-20-17(23)12-3-5-13(6-4-12)18(24)25-2/h3-9H,10H2,1-2H3,(H,20,23)(H,21,22). The summed E-state index contributed by atoms with van der Waals surface area (Å²) in [6, 6.07) is 11.5. The lowest BCUT2D eigenvalue weighted by Crippen LogP contribution is -2.33. The number of aryl methyl sites for hydroxylation is 1. The summed E-state index contributed by atoms with van der Waals surface area (Å²) in [5, 5.41) is 5.28. The molecule has 0 aromatic heterocycles. The first-order valence-electron chi connectivity index (χ1n) is 7.43. The Bertz CT molecular complexity index is 803. The van der Waals surface area contributed by atoms with Crippen LogP contribution in [0.1, 0.15) is 26.3 Å². The second kappa shape index (κ2) is 8.43. The normalized spacial score (nSPS) is 10.0. The van der Waals surface area contributed by atoms with Gasteiger partial charge in [0, 0.05) is 15.7 Å². The number of halogens is 1. The monoisotopic (exact) mass is 404 g/mol. The zero-order valence-electron chi connectivity index (χ0n) is 13.8. The maximum atomic E-state index is 12.1. The first-order valence-corrected chi connectivity index (χ1v) is 8.22. The minimum Gasteiger partial charge on any atom is -0.465 e. The molecule has 2 amide bonds. The van der Waals surface area contributed by atoms with Gasteiger partial charge < -0.3 is 15.4 Å². The minimum atomic E-state index is -0.476. The van der Waals surface area contributed by atoms with Crippen LogP contribution in [0.4, 0.5) is 5.69 Å². The Hall–Kier alpha value is -2.67. The summed E-state index contributed by atoms with van der Waals surface area (Å²) in [5.74, 6) is -1.21. The van der Waals surface area contributed by atoms with Crippen LogP contribution >= 0.6 is 15.9 Å². The predicted octanol–water partition coefficient (Wildman–Crippen LogP) is 2.91. The van der Waals surface area contributed by atoms with Gasteiger partial charge in [-0.05, 0) is 55.0 Å². The number of hydrogen-bond acceptors (Lipinski definition) is 4. The van der Waals surface area contributed by atoms with E-state index in [9.17, 15) is 14.4 Å². The Morgan fingerprint density at radius 1 is 1.04 bits per heavy atom. The molecule has 2 aromatic rings. The fourth-order valence-electron chi connectivity index (χ4n) is 2.10. The molecule has 0 atom stereocenters. The molecule has 0 saturated carbocycles. The molecule has 0 spiro atoms. The van der Waals surface area contributed by atoms with E-state index in [0.29, 0.717) is 16.8 Å². The second-order valence-corrected chi connectivity index (χ2v) is 6.17. The number of nitrogens with one attached hydrogen (secondary N) is 2. The van der Waals surface area contributed by atoms with E-state index in [1.165, 1.54) is 31.4 Å². The number of rotatable bonds is 5. The molecule has 25 heavy (non-hydrogen) atoms. The van der Waals surface area contributed by atoms with E-state index < -0.39 is 11.9 Å². The fraction of sp³-hybridized carbons (Fsp3) is 0.167. The zero-order valence-corrected chi connectivity index (χ0v) is 15.3. The van der Waals surface area contributed by atoms with Gasteiger partial charge in [-0.15, -0.1) is 0 Å². The van der Waals surface area contributed by atoms with Gasteiger partial charge in [0.25, 0.3) is 5.91 Å². The largest absolute Gasteiger partial charge is 0.465 e. The third kappa shape index (κ3) is 5.15. The van der Waals surface area contributed by atoms with Crippen LogP contribution in [0.25, 0.3) is 0 Å². The van der Waals surface area contributed by atoms with E-state index in [1.807, 2.05) is 19.1 Å². The zero-order chi connectivity index (χ0) is 18.4. The van der Waals surface area contributed by atoms with Gasteiger partial charge in [0.15, 0.2) is 0 Å². The average molecular weight is 405 g/mol. The van der Waals surface area contributed by atoms with Crippen LogP contribution in [0.3, 0.4) is 0 Å². The maximum absolute atomic E-state index is 12.1. The molecule has 2 N–H and O–H groups in total. The van der Waals surface area contributed by atoms with Gasteiger partial charge in [-0.2, -0.15) is 0 Å². The molecule has 0 heterocycles. The summed E-state index contributed by atoms with van der Waals surface area (Å²) >= 11 is 3.36. The van der Waals surface area contributed by atoms with Crippen LogP contribution in [0, 0.1) is 6.92 Å². The lowest BCUT2D eigenvalue weighted by atomic mass is 10.1. The van der Waals surface area contributed by atoms with Gasteiger partial charge in [0.1, 0.15) is 0 Å². The number of ether oxygens (including phenoxy) is 1. The summed E-state index contributed by atoms with van der Waals surface area (Å²) in [5.41, 5.74) is 2.29. The molecule has 0 aliphatic heterocycles. The highest BCUT2D eigenvalue weighted by molar-refractivity contribution is 9.10. The average Bonchev–Trinajstić information content (AvgIpc) is 2.61. The van der Waals surface area contributed by atoms with Gasteiger partial charge in [-0.3, -0.25) is 9.59 Å². The first kappa shape index (κ1) is 18.7. The number of hydrogen-bond donors (Lipinski definition) is 2. The van der Waals surface area contributed by atoms with Crippen molar-refractivity contribution in [2.45, 2.75) is 6.92 Å². The summed E-state index contributed by atoms with van der Waals surface area (Å²) in [6.45, 7) is 1.72. The molecule has 0 radical (unpaired) electrons. The highest BCUT2D eigenvalue weighted by Gasteiger charge is 2.11. The Morgan fingerprint density at radius 2 is 1.68 bits per heavy atom. The molecule has 0 aliphatic carbocycles. The van der Waals surface area contributed by atoms with Crippen molar-refractivity contribution >= 4 is 39.4 Å². The molecule has 0 fully saturated rings. The smallest absolute Gasteiger partial charge is 0.337 e. The highest BCUT2D eigenvalue weighted by Crippen LogP contribution is 2.19. The van der Waals surface area contributed by atoms with Crippen LogP contribution in [0.5, 0.6) is 0 Å². The molecule has 6 nitrogen and oxygen atoms in total. The number of carbonyl (C=O) groups is 3. The molecule has 2 rings (SSSR count). The first-order chi connectivity index (χ1) is 11.9. The Labute approximate surface area is 153 Å². The summed E-state index contributed by atoms with van der Waals surface area (Å²) in [7, 11) is 1.29. The van der Waals surface area contributed by atoms with Crippen LogP contribution < -0.4 is 10.6 Å². The van der Waals surface area contributed by atoms with E-state index in [2.05, 4.69) is 31.3 Å². The maximum Gasteiger partial charge on any atom is 0.337 e. The molecule has 0 bridgehead atoms. The highest BCUT2D eigenvalue weighted by atomic mass is 79.9. The molecule has 0 aliphatic rings. The van der Waals surface area contributed by atoms with Gasteiger partial charge in [-0.25, -0.2) is 4.79 Å².